The predicted octanol–water partition coefficient (Wildman–Crippen LogP) is 0.174. The number of nitrogens with two attached hydrogens (primary N) is 1. The van der Waals surface area contributed by atoms with E-state index in [1.54, 1.807) is 0 Å². The van der Waals surface area contributed by atoms with E-state index in [2.05, 4.69) is 23.0 Å². The first-order chi connectivity index (χ1) is 9.58. The number of fused-ring (bicyclic) bond motifs is 3. The van der Waals surface area contributed by atoms with Crippen molar-refractivity contribution in [3.8, 4) is 22.9 Å². The van der Waals surface area contributed by atoms with E-state index in [-0.39, 0.29) is 23.9 Å². The van der Waals surface area contributed by atoms with Crippen molar-refractivity contribution >= 4 is 5.91 Å². The molecule has 1 amide bonds. The molecule has 0 saturated heterocycles. The Morgan fingerprint density at radius 2 is 2.10 bits per heavy atom. The van der Waals surface area contributed by atoms with Crippen LogP contribution in [0.3, 0.4) is 0 Å². The van der Waals surface area contributed by atoms with Gasteiger partial charge >= 0.3 is 0 Å². The minimum atomic E-state index is -0.717. The number of phenolic OH excluding ortho intramolecular Hbond substituents is 2. The maximum atomic E-state index is 11.3. The van der Waals surface area contributed by atoms with Crippen LogP contribution in [0.4, 0.5) is 0 Å². The Morgan fingerprint density at radius 1 is 1.30 bits per heavy atom. The molecule has 0 saturated carbocycles. The van der Waals surface area contributed by atoms with Crippen LogP contribution in [0.2, 0.25) is 0 Å². The zero-order valence-corrected chi connectivity index (χ0v) is 10.3. The molecule has 4 radical (unpaired) electrons. The number of aromatic hydroxyl groups is 2. The van der Waals surface area contributed by atoms with Crippen molar-refractivity contribution in [2.24, 2.45) is 5.73 Å². The Bertz CT molecular complexity index is 693. The van der Waals surface area contributed by atoms with Gasteiger partial charge in [0.25, 0.3) is 5.91 Å². The number of hydrogen-bond donors (Lipinski definition) is 3. The van der Waals surface area contributed by atoms with E-state index < -0.39 is 5.91 Å². The molecule has 1 aliphatic heterocycles. The van der Waals surface area contributed by atoms with Crippen LogP contribution in [-0.2, 0) is 13.0 Å². The highest BCUT2D eigenvalue weighted by Crippen LogP contribution is 2.37. The summed E-state index contributed by atoms with van der Waals surface area (Å²) in [5, 5.41) is 27.2. The van der Waals surface area contributed by atoms with Crippen molar-refractivity contribution in [1.82, 2.24) is 14.8 Å². The second kappa shape index (κ2) is 4.52. The van der Waals surface area contributed by atoms with Crippen molar-refractivity contribution in [3.63, 3.8) is 0 Å². The second-order valence-corrected chi connectivity index (χ2v) is 4.33. The molecule has 0 spiro atoms. The summed E-state index contributed by atoms with van der Waals surface area (Å²) in [4.78, 5) is 11.3. The van der Waals surface area contributed by atoms with Crippen molar-refractivity contribution in [2.75, 3.05) is 0 Å². The van der Waals surface area contributed by atoms with Crippen molar-refractivity contribution in [3.05, 3.63) is 36.4 Å². The lowest BCUT2D eigenvalue weighted by Gasteiger charge is -2.16. The van der Waals surface area contributed by atoms with E-state index in [0.717, 1.165) is 0 Å². The summed E-state index contributed by atoms with van der Waals surface area (Å²) in [6.07, 6.45) is 6.12. The first kappa shape index (κ1) is 12.5. The summed E-state index contributed by atoms with van der Waals surface area (Å²) in [6.45, 7) is 0.209. The minimum Gasteiger partial charge on any atom is -0.508 e. The molecule has 1 aromatic heterocycles. The first-order valence-electron chi connectivity index (χ1n) is 5.82. The second-order valence-electron chi connectivity index (χ2n) is 4.33. The van der Waals surface area contributed by atoms with E-state index in [1.165, 1.54) is 16.7 Å². The zero-order chi connectivity index (χ0) is 14.3. The lowest BCUT2D eigenvalue weighted by Crippen LogP contribution is -2.20. The van der Waals surface area contributed by atoms with Crippen LogP contribution in [0, 0.1) is 12.8 Å². The Kier molecular flexibility index (Phi) is 2.81. The number of rotatable bonds is 1. The van der Waals surface area contributed by atoms with Crippen LogP contribution in [0.5, 0.6) is 11.5 Å². The molecule has 1 aliphatic rings. The smallest absolute Gasteiger partial charge is 0.286 e. The molecule has 1 aromatic carbocycles. The molecule has 7 nitrogen and oxygen atoms in total. The van der Waals surface area contributed by atoms with Crippen molar-refractivity contribution in [1.29, 1.82) is 0 Å². The highest BCUT2D eigenvalue weighted by molar-refractivity contribution is 5.90. The molecule has 20 heavy (non-hydrogen) atoms. The number of aromatic nitrogens is 3. The molecule has 0 unspecified atom stereocenters. The largest absolute Gasteiger partial charge is 0.508 e. The number of phenols is 2. The molecule has 0 bridgehead atoms. The number of hydrogen-bond acceptors (Lipinski definition) is 5. The van der Waals surface area contributed by atoms with Gasteiger partial charge in [-0.05, 0) is 24.5 Å². The summed E-state index contributed by atoms with van der Waals surface area (Å²) in [6, 6.07) is 2.70. The monoisotopic (exact) mass is 270 g/mol. The average Bonchev–Trinajstić information content (AvgIpc) is 2.74. The number of primary amides is 1. The number of amides is 1. The highest BCUT2D eigenvalue weighted by atomic mass is 16.3. The fourth-order valence-corrected chi connectivity index (χ4v) is 2.18. The molecular formula is C13H10N4O3. The Balaban J connectivity index is 2.28. The fourth-order valence-electron chi connectivity index (χ4n) is 2.18. The van der Waals surface area contributed by atoms with Crippen LogP contribution in [0.1, 0.15) is 16.2 Å². The quantitative estimate of drug-likeness (QED) is 0.683. The normalized spacial score (nSPS) is 14.0. The van der Waals surface area contributed by atoms with Gasteiger partial charge < -0.3 is 20.5 Å². The Labute approximate surface area is 114 Å². The molecule has 2 aromatic rings. The highest BCUT2D eigenvalue weighted by Gasteiger charge is 2.24. The third-order valence-electron chi connectivity index (χ3n) is 3.02. The molecule has 0 aliphatic carbocycles. The third-order valence-corrected chi connectivity index (χ3v) is 3.02. The number of nitrogens with zero attached hydrogens (tertiary/aromatic N) is 3. The van der Waals surface area contributed by atoms with Crippen LogP contribution >= 0.6 is 0 Å². The van der Waals surface area contributed by atoms with Crippen LogP contribution in [0.25, 0.3) is 11.4 Å². The van der Waals surface area contributed by atoms with Gasteiger partial charge in [0, 0.05) is 19.0 Å². The van der Waals surface area contributed by atoms with Gasteiger partial charge in [-0.25, -0.2) is 0 Å². The standard InChI is InChI=1S/C13H10N4O3/c14-11(20)13-16-15-12-10-7(3-1-2-4-17(12)13)5-8(18)6-9(10)19/h5-6,18-19H,3-4H2,(H2,14,20). The van der Waals surface area contributed by atoms with Gasteiger partial charge in [-0.2, -0.15) is 0 Å². The number of carbonyl (C=O) groups excluding carboxylic acids is 1. The molecule has 100 valence electrons. The van der Waals surface area contributed by atoms with Crippen LogP contribution in [-0.4, -0.2) is 30.9 Å². The van der Waals surface area contributed by atoms with E-state index in [9.17, 15) is 15.0 Å². The van der Waals surface area contributed by atoms with Gasteiger partial charge in [0.2, 0.25) is 5.82 Å². The molecule has 0 atom stereocenters. The lowest BCUT2D eigenvalue weighted by atomic mass is 9.98. The average molecular weight is 270 g/mol. The SMILES string of the molecule is NC(=O)c1nnc2n1C[C][C]Cc1cc(O)cc(O)c1-2. The Hall–Kier alpha value is -2.57. The molecule has 4 N–H and O–H groups in total. The van der Waals surface area contributed by atoms with Gasteiger partial charge in [0.1, 0.15) is 11.5 Å². The number of benzene rings is 1. The summed E-state index contributed by atoms with van der Waals surface area (Å²) in [5.74, 6) is -0.640. The zero-order valence-electron chi connectivity index (χ0n) is 10.3. The van der Waals surface area contributed by atoms with Crippen LogP contribution in [0.15, 0.2) is 12.1 Å². The van der Waals surface area contributed by atoms with Crippen LogP contribution < -0.4 is 5.73 Å². The molecular weight excluding hydrogens is 260 g/mol. The number of carbonyl (C=O) groups is 1. The first-order valence-corrected chi connectivity index (χ1v) is 5.82. The molecule has 0 fully saturated rings. The maximum absolute atomic E-state index is 11.3. The van der Waals surface area contributed by atoms with E-state index in [4.69, 9.17) is 5.73 Å². The van der Waals surface area contributed by atoms with E-state index in [1.807, 2.05) is 0 Å². The molecule has 3 rings (SSSR count). The lowest BCUT2D eigenvalue weighted by molar-refractivity contribution is 0.0986. The minimum absolute atomic E-state index is 0.0189. The van der Waals surface area contributed by atoms with Gasteiger partial charge in [-0.1, -0.05) is 0 Å². The summed E-state index contributed by atoms with van der Waals surface area (Å²) in [5.41, 5.74) is 6.25. The van der Waals surface area contributed by atoms with Gasteiger partial charge in [-0.3, -0.25) is 4.79 Å². The Morgan fingerprint density at radius 3 is 2.85 bits per heavy atom. The summed E-state index contributed by atoms with van der Waals surface area (Å²) in [7, 11) is 0. The topological polar surface area (TPSA) is 114 Å². The third kappa shape index (κ3) is 1.87. The fraction of sp³-hybridized carbons (Fsp3) is 0.154. The van der Waals surface area contributed by atoms with Gasteiger partial charge in [-0.15, -0.1) is 10.2 Å². The predicted molar refractivity (Wildman–Crippen MR) is 67.5 cm³/mol. The van der Waals surface area contributed by atoms with Gasteiger partial charge in [0.05, 0.1) is 5.56 Å². The van der Waals surface area contributed by atoms with E-state index >= 15 is 0 Å². The van der Waals surface area contributed by atoms with Crippen molar-refractivity contribution in [2.45, 2.75) is 13.0 Å². The molecule has 7 heteroatoms. The van der Waals surface area contributed by atoms with Gasteiger partial charge in [0.15, 0.2) is 5.82 Å². The maximum Gasteiger partial charge on any atom is 0.286 e. The van der Waals surface area contributed by atoms with Crippen molar-refractivity contribution < 1.29 is 15.0 Å². The summed E-state index contributed by atoms with van der Waals surface area (Å²) < 4.78 is 1.45. The molecule has 2 heterocycles. The van der Waals surface area contributed by atoms with E-state index in [0.29, 0.717) is 23.4 Å². The summed E-state index contributed by atoms with van der Waals surface area (Å²) >= 11 is 0.